The molecule has 0 aromatic heterocycles. The number of hydrogen-bond acceptors (Lipinski definition) is 4. The lowest BCUT2D eigenvalue weighted by Crippen LogP contribution is -2.40. The van der Waals surface area contributed by atoms with E-state index in [9.17, 15) is 9.59 Å². The molecule has 0 spiro atoms. The van der Waals surface area contributed by atoms with Gasteiger partial charge in [-0.3, -0.25) is 9.59 Å². The highest BCUT2D eigenvalue weighted by Crippen LogP contribution is 2.30. The van der Waals surface area contributed by atoms with Gasteiger partial charge in [0.05, 0.1) is 11.4 Å². The molecule has 1 aliphatic heterocycles. The highest BCUT2D eigenvalue weighted by molar-refractivity contribution is 5.95. The van der Waals surface area contributed by atoms with Crippen molar-refractivity contribution in [2.75, 3.05) is 17.2 Å². The molecule has 0 saturated carbocycles. The molecule has 18 heavy (non-hydrogen) atoms. The molecule has 6 N–H and O–H groups in total. The van der Waals surface area contributed by atoms with Gasteiger partial charge in [-0.05, 0) is 31.0 Å². The van der Waals surface area contributed by atoms with Crippen LogP contribution in [0.2, 0.25) is 0 Å². The number of anilines is 2. The quantitative estimate of drug-likeness (QED) is 0.643. The second-order valence-corrected chi connectivity index (χ2v) is 4.39. The third-order valence-electron chi connectivity index (χ3n) is 3.20. The summed E-state index contributed by atoms with van der Waals surface area (Å²) in [7, 11) is 0. The van der Waals surface area contributed by atoms with Crippen molar-refractivity contribution in [3.8, 4) is 0 Å². The molecule has 0 bridgehead atoms. The first-order chi connectivity index (χ1) is 8.50. The lowest BCUT2D eigenvalue weighted by Gasteiger charge is -2.25. The average Bonchev–Trinajstić information content (AvgIpc) is 2.77. The highest BCUT2D eigenvalue weighted by atomic mass is 16.1. The Morgan fingerprint density at radius 2 is 2.00 bits per heavy atom. The summed E-state index contributed by atoms with van der Waals surface area (Å²) < 4.78 is 0. The Hall–Kier alpha value is -2.24. The zero-order chi connectivity index (χ0) is 13.3. The predicted molar refractivity (Wildman–Crippen MR) is 68.9 cm³/mol. The normalized spacial score (nSPS) is 18.9. The summed E-state index contributed by atoms with van der Waals surface area (Å²) in [6.07, 6.45) is 1.62. The van der Waals surface area contributed by atoms with Crippen molar-refractivity contribution in [1.29, 1.82) is 0 Å². The van der Waals surface area contributed by atoms with Crippen LogP contribution in [0.25, 0.3) is 0 Å². The van der Waals surface area contributed by atoms with E-state index < -0.39 is 5.91 Å². The van der Waals surface area contributed by atoms with Crippen LogP contribution in [0.15, 0.2) is 18.2 Å². The van der Waals surface area contributed by atoms with E-state index in [4.69, 9.17) is 17.2 Å². The van der Waals surface area contributed by atoms with E-state index >= 15 is 0 Å². The van der Waals surface area contributed by atoms with Gasteiger partial charge >= 0.3 is 0 Å². The van der Waals surface area contributed by atoms with Crippen molar-refractivity contribution in [3.63, 3.8) is 0 Å². The topological polar surface area (TPSA) is 115 Å². The van der Waals surface area contributed by atoms with Crippen LogP contribution < -0.4 is 22.1 Å². The van der Waals surface area contributed by atoms with Crippen molar-refractivity contribution in [2.24, 2.45) is 11.5 Å². The molecule has 96 valence electrons. The molecule has 6 heteroatoms. The fourth-order valence-electron chi connectivity index (χ4n) is 2.32. The minimum Gasteiger partial charge on any atom is -0.397 e. The molecule has 1 unspecified atom stereocenters. The Morgan fingerprint density at radius 1 is 1.28 bits per heavy atom. The van der Waals surface area contributed by atoms with Gasteiger partial charge in [0, 0.05) is 12.1 Å². The fourth-order valence-corrected chi connectivity index (χ4v) is 2.32. The van der Waals surface area contributed by atoms with E-state index in [-0.39, 0.29) is 11.9 Å². The number of carbonyl (C=O) groups is 2. The lowest BCUT2D eigenvalue weighted by molar-refractivity contribution is -0.119. The Morgan fingerprint density at radius 3 is 2.56 bits per heavy atom. The summed E-state index contributed by atoms with van der Waals surface area (Å²) >= 11 is 0. The minimum atomic E-state index is -0.527. The number of nitrogens with two attached hydrogens (primary N) is 3. The van der Waals surface area contributed by atoms with E-state index in [1.54, 1.807) is 12.1 Å². The molecule has 1 aromatic rings. The van der Waals surface area contributed by atoms with Gasteiger partial charge in [-0.2, -0.15) is 0 Å². The van der Waals surface area contributed by atoms with E-state index in [0.717, 1.165) is 25.1 Å². The van der Waals surface area contributed by atoms with Crippen LogP contribution in [-0.4, -0.2) is 24.4 Å². The molecule has 1 heterocycles. The molecule has 2 amide bonds. The zero-order valence-electron chi connectivity index (χ0n) is 9.93. The third kappa shape index (κ3) is 2.09. The van der Waals surface area contributed by atoms with Crippen LogP contribution in [0.1, 0.15) is 23.2 Å². The Balaban J connectivity index is 2.33. The van der Waals surface area contributed by atoms with Crippen molar-refractivity contribution in [2.45, 2.75) is 18.9 Å². The van der Waals surface area contributed by atoms with Crippen molar-refractivity contribution < 1.29 is 9.59 Å². The maximum atomic E-state index is 11.3. The van der Waals surface area contributed by atoms with Crippen molar-refractivity contribution >= 4 is 23.2 Å². The summed E-state index contributed by atoms with van der Waals surface area (Å²) in [5.74, 6) is -0.882. The van der Waals surface area contributed by atoms with Gasteiger partial charge in [0.25, 0.3) is 0 Å². The molecule has 1 aliphatic rings. The molecule has 0 aliphatic carbocycles. The first-order valence-electron chi connectivity index (χ1n) is 5.76. The highest BCUT2D eigenvalue weighted by Gasteiger charge is 2.30. The third-order valence-corrected chi connectivity index (χ3v) is 3.20. The van der Waals surface area contributed by atoms with Crippen LogP contribution in [-0.2, 0) is 4.79 Å². The second-order valence-electron chi connectivity index (χ2n) is 4.39. The van der Waals surface area contributed by atoms with E-state index in [1.807, 2.05) is 4.90 Å². The number of nitrogen functional groups attached to an aromatic ring is 1. The fraction of sp³-hybridized carbons (Fsp3) is 0.333. The van der Waals surface area contributed by atoms with E-state index in [2.05, 4.69) is 0 Å². The number of rotatable bonds is 3. The van der Waals surface area contributed by atoms with Gasteiger partial charge in [-0.25, -0.2) is 0 Å². The number of hydrogen-bond donors (Lipinski definition) is 3. The first kappa shape index (κ1) is 12.2. The van der Waals surface area contributed by atoms with E-state index in [1.165, 1.54) is 6.07 Å². The molecule has 0 radical (unpaired) electrons. The van der Waals surface area contributed by atoms with Crippen molar-refractivity contribution in [3.05, 3.63) is 23.8 Å². The largest absolute Gasteiger partial charge is 0.397 e. The number of carbonyl (C=O) groups excluding carboxylic acids is 2. The van der Waals surface area contributed by atoms with Crippen LogP contribution >= 0.6 is 0 Å². The summed E-state index contributed by atoms with van der Waals surface area (Å²) in [6, 6.07) is 4.50. The molecule has 1 saturated heterocycles. The zero-order valence-corrected chi connectivity index (χ0v) is 9.93. The van der Waals surface area contributed by atoms with E-state index in [0.29, 0.717) is 11.3 Å². The van der Waals surface area contributed by atoms with Gasteiger partial charge in [0.15, 0.2) is 0 Å². The molecular weight excluding hydrogens is 232 g/mol. The Kier molecular flexibility index (Phi) is 3.10. The molecule has 1 aromatic carbocycles. The summed E-state index contributed by atoms with van der Waals surface area (Å²) in [4.78, 5) is 24.3. The second kappa shape index (κ2) is 4.56. The number of benzene rings is 1. The van der Waals surface area contributed by atoms with Gasteiger partial charge < -0.3 is 22.1 Å². The van der Waals surface area contributed by atoms with Gasteiger partial charge in [0.1, 0.15) is 6.04 Å². The summed E-state index contributed by atoms with van der Waals surface area (Å²) in [5, 5.41) is 0. The first-order valence-corrected chi connectivity index (χ1v) is 5.76. The molecular formula is C12H16N4O2. The molecule has 1 fully saturated rings. The molecule has 1 atom stereocenters. The summed E-state index contributed by atoms with van der Waals surface area (Å²) in [6.45, 7) is 0.730. The Bertz CT molecular complexity index is 501. The van der Waals surface area contributed by atoms with Crippen molar-refractivity contribution in [1.82, 2.24) is 0 Å². The van der Waals surface area contributed by atoms with Gasteiger partial charge in [-0.1, -0.05) is 0 Å². The Labute approximate surface area is 105 Å². The monoisotopic (exact) mass is 248 g/mol. The number of nitrogens with zero attached hydrogens (tertiary/aromatic N) is 1. The molecule has 6 nitrogen and oxygen atoms in total. The predicted octanol–water partition coefficient (Wildman–Crippen LogP) is -0.178. The van der Waals surface area contributed by atoms with Gasteiger partial charge in [0.2, 0.25) is 11.8 Å². The lowest BCUT2D eigenvalue weighted by atomic mass is 10.1. The number of primary amides is 2. The smallest absolute Gasteiger partial charge is 0.248 e. The standard InChI is InChI=1S/C12H16N4O2/c13-8-6-7(11(14)17)3-4-9(8)16-5-1-2-10(16)12(15)18/h3-4,6,10H,1-2,5,13H2,(H2,14,17)(H2,15,18). The molecule has 2 rings (SSSR count). The number of amides is 2. The maximum absolute atomic E-state index is 11.3. The van der Waals surface area contributed by atoms with Gasteiger partial charge in [-0.15, -0.1) is 0 Å². The van der Waals surface area contributed by atoms with Crippen LogP contribution in [0.5, 0.6) is 0 Å². The average molecular weight is 248 g/mol. The SMILES string of the molecule is NC(=O)c1ccc(N2CCCC2C(N)=O)c(N)c1. The minimum absolute atomic E-state index is 0.327. The van der Waals surface area contributed by atoms with Crippen LogP contribution in [0.4, 0.5) is 11.4 Å². The van der Waals surface area contributed by atoms with Crippen LogP contribution in [0.3, 0.4) is 0 Å². The maximum Gasteiger partial charge on any atom is 0.248 e. The summed E-state index contributed by atoms with van der Waals surface area (Å²) in [5.41, 5.74) is 17.9. The van der Waals surface area contributed by atoms with Crippen LogP contribution in [0, 0.1) is 0 Å².